The smallest absolute Gasteiger partial charge is 0.257 e. The Kier molecular flexibility index (Phi) is 4.40. The van der Waals surface area contributed by atoms with Crippen LogP contribution in [-0.2, 0) is 0 Å². The Bertz CT molecular complexity index is 783. The van der Waals surface area contributed by atoms with Crippen LogP contribution < -0.4 is 5.32 Å². The van der Waals surface area contributed by atoms with Gasteiger partial charge in [0.15, 0.2) is 5.82 Å². The number of nitrogens with one attached hydrogen (secondary N) is 1. The Labute approximate surface area is 138 Å². The molecule has 3 rings (SSSR count). The average Bonchev–Trinajstić information content (AvgIpc) is 3.17. The normalized spacial score (nSPS) is 13.9. The number of benzene rings is 1. The lowest BCUT2D eigenvalue weighted by atomic mass is 10.2. The molecule has 2 heterocycles. The van der Waals surface area contributed by atoms with Crippen LogP contribution in [0.5, 0.6) is 0 Å². The third-order valence-corrected chi connectivity index (χ3v) is 3.58. The molecule has 2 unspecified atom stereocenters. The molecule has 0 fully saturated rings. The number of aryl methyl sites for hydroxylation is 1. The van der Waals surface area contributed by atoms with E-state index in [9.17, 15) is 0 Å². The fraction of sp³-hybridized carbons (Fsp3) is 0.333. The van der Waals surface area contributed by atoms with Crippen molar-refractivity contribution in [3.05, 3.63) is 46.9 Å². The maximum absolute atomic E-state index is 5.88. The number of aromatic nitrogens is 4. The van der Waals surface area contributed by atoms with E-state index in [4.69, 9.17) is 20.5 Å². The number of nitrogens with zero attached hydrogens (tertiary/aromatic N) is 4. The SMILES string of the molecule is Cc1nnc(C(C)NC(C)c2noc(-c3ccc(Cl)cc3)n2)o1. The molecule has 7 nitrogen and oxygen atoms in total. The van der Waals surface area contributed by atoms with Crippen molar-refractivity contribution in [2.24, 2.45) is 0 Å². The van der Waals surface area contributed by atoms with Crippen LogP contribution in [-0.4, -0.2) is 20.3 Å². The van der Waals surface area contributed by atoms with Crippen LogP contribution in [0.4, 0.5) is 0 Å². The van der Waals surface area contributed by atoms with E-state index in [2.05, 4.69) is 25.7 Å². The number of hydrogen-bond donors (Lipinski definition) is 1. The maximum atomic E-state index is 5.88. The summed E-state index contributed by atoms with van der Waals surface area (Å²) in [6.07, 6.45) is 0. The monoisotopic (exact) mass is 333 g/mol. The van der Waals surface area contributed by atoms with Gasteiger partial charge in [0.2, 0.25) is 11.8 Å². The molecule has 8 heteroatoms. The van der Waals surface area contributed by atoms with Gasteiger partial charge in [-0.15, -0.1) is 10.2 Å². The second-order valence-electron chi connectivity index (χ2n) is 5.23. The fourth-order valence-corrected chi connectivity index (χ4v) is 2.25. The lowest BCUT2D eigenvalue weighted by Crippen LogP contribution is -2.23. The van der Waals surface area contributed by atoms with Crippen molar-refractivity contribution in [2.45, 2.75) is 32.9 Å². The number of halogens is 1. The standard InChI is InChI=1S/C15H16ClN5O2/c1-8(17-9(2)14-20-19-10(3)22-14)13-18-15(23-21-13)11-4-6-12(16)7-5-11/h4-9,17H,1-3H3. The van der Waals surface area contributed by atoms with E-state index in [0.29, 0.717) is 28.5 Å². The van der Waals surface area contributed by atoms with Crippen LogP contribution in [0.15, 0.2) is 33.2 Å². The summed E-state index contributed by atoms with van der Waals surface area (Å²) in [5.74, 6) is 2.06. The van der Waals surface area contributed by atoms with Gasteiger partial charge in [-0.1, -0.05) is 16.8 Å². The highest BCUT2D eigenvalue weighted by atomic mass is 35.5. The minimum Gasteiger partial charge on any atom is -0.424 e. The molecule has 3 aromatic rings. The van der Waals surface area contributed by atoms with E-state index >= 15 is 0 Å². The van der Waals surface area contributed by atoms with E-state index in [0.717, 1.165) is 5.56 Å². The molecule has 0 spiro atoms. The molecule has 0 aliphatic carbocycles. The number of hydrogen-bond acceptors (Lipinski definition) is 7. The van der Waals surface area contributed by atoms with Gasteiger partial charge in [0, 0.05) is 17.5 Å². The van der Waals surface area contributed by atoms with Crippen molar-refractivity contribution in [3.63, 3.8) is 0 Å². The van der Waals surface area contributed by atoms with Crippen LogP contribution >= 0.6 is 11.6 Å². The average molecular weight is 334 g/mol. The first kappa shape index (κ1) is 15.6. The van der Waals surface area contributed by atoms with E-state index in [1.807, 2.05) is 26.0 Å². The molecule has 0 saturated carbocycles. The van der Waals surface area contributed by atoms with Gasteiger partial charge < -0.3 is 8.94 Å². The molecule has 0 saturated heterocycles. The van der Waals surface area contributed by atoms with Crippen LogP contribution in [0, 0.1) is 6.92 Å². The summed E-state index contributed by atoms with van der Waals surface area (Å²) in [5, 5.41) is 15.8. The first-order chi connectivity index (χ1) is 11.0. The van der Waals surface area contributed by atoms with Gasteiger partial charge in [-0.3, -0.25) is 5.32 Å². The summed E-state index contributed by atoms with van der Waals surface area (Å²) in [4.78, 5) is 4.41. The molecule has 0 aliphatic heterocycles. The van der Waals surface area contributed by atoms with Gasteiger partial charge in [0.25, 0.3) is 5.89 Å². The summed E-state index contributed by atoms with van der Waals surface area (Å²) in [6, 6.07) is 6.97. The third kappa shape index (κ3) is 3.57. The minimum atomic E-state index is -0.137. The van der Waals surface area contributed by atoms with Crippen LogP contribution in [0.2, 0.25) is 5.02 Å². The first-order valence-electron chi connectivity index (χ1n) is 7.18. The Morgan fingerprint density at radius 3 is 2.48 bits per heavy atom. The Hall–Kier alpha value is -2.25. The zero-order chi connectivity index (χ0) is 16.4. The Balaban J connectivity index is 1.70. The van der Waals surface area contributed by atoms with Crippen molar-refractivity contribution in [1.29, 1.82) is 0 Å². The first-order valence-corrected chi connectivity index (χ1v) is 7.56. The molecular weight excluding hydrogens is 318 g/mol. The van der Waals surface area contributed by atoms with E-state index in [-0.39, 0.29) is 12.1 Å². The maximum Gasteiger partial charge on any atom is 0.257 e. The van der Waals surface area contributed by atoms with Crippen LogP contribution in [0.3, 0.4) is 0 Å². The summed E-state index contributed by atoms with van der Waals surface area (Å²) in [6.45, 7) is 5.63. The second kappa shape index (κ2) is 6.47. The van der Waals surface area contributed by atoms with E-state index < -0.39 is 0 Å². The fourth-order valence-electron chi connectivity index (χ4n) is 2.13. The van der Waals surface area contributed by atoms with Crippen molar-refractivity contribution in [2.75, 3.05) is 0 Å². The topological polar surface area (TPSA) is 89.9 Å². The van der Waals surface area contributed by atoms with Gasteiger partial charge in [-0.2, -0.15) is 4.98 Å². The highest BCUT2D eigenvalue weighted by Crippen LogP contribution is 2.22. The molecule has 0 bridgehead atoms. The molecular formula is C15H16ClN5O2. The summed E-state index contributed by atoms with van der Waals surface area (Å²) >= 11 is 5.88. The second-order valence-corrected chi connectivity index (χ2v) is 5.67. The molecule has 0 aliphatic rings. The van der Waals surface area contributed by atoms with Crippen LogP contribution in [0.25, 0.3) is 11.5 Å². The van der Waals surface area contributed by atoms with Gasteiger partial charge in [0.1, 0.15) is 0 Å². The summed E-state index contributed by atoms with van der Waals surface area (Å²) < 4.78 is 10.7. The van der Waals surface area contributed by atoms with Gasteiger partial charge >= 0.3 is 0 Å². The lowest BCUT2D eigenvalue weighted by molar-refractivity contribution is 0.362. The van der Waals surface area contributed by atoms with Crippen LogP contribution in [0.1, 0.15) is 43.5 Å². The van der Waals surface area contributed by atoms with E-state index in [1.54, 1.807) is 19.1 Å². The van der Waals surface area contributed by atoms with Gasteiger partial charge in [-0.05, 0) is 38.1 Å². The molecule has 2 atom stereocenters. The highest BCUT2D eigenvalue weighted by molar-refractivity contribution is 6.30. The molecule has 120 valence electrons. The quantitative estimate of drug-likeness (QED) is 0.764. The molecule has 1 aromatic carbocycles. The predicted octanol–water partition coefficient (Wildman–Crippen LogP) is 3.49. The Morgan fingerprint density at radius 1 is 1.09 bits per heavy atom. The van der Waals surface area contributed by atoms with Crippen molar-refractivity contribution in [1.82, 2.24) is 25.7 Å². The predicted molar refractivity (Wildman–Crippen MR) is 83.7 cm³/mol. The summed E-state index contributed by atoms with van der Waals surface area (Å²) in [5.41, 5.74) is 0.820. The van der Waals surface area contributed by atoms with Crippen molar-refractivity contribution >= 4 is 11.6 Å². The molecule has 2 aromatic heterocycles. The Morgan fingerprint density at radius 2 is 1.83 bits per heavy atom. The summed E-state index contributed by atoms with van der Waals surface area (Å²) in [7, 11) is 0. The zero-order valence-corrected chi connectivity index (χ0v) is 13.7. The van der Waals surface area contributed by atoms with Crippen molar-refractivity contribution < 1.29 is 8.94 Å². The zero-order valence-electron chi connectivity index (χ0n) is 12.9. The van der Waals surface area contributed by atoms with E-state index in [1.165, 1.54) is 0 Å². The minimum absolute atomic E-state index is 0.122. The van der Waals surface area contributed by atoms with Gasteiger partial charge in [0.05, 0.1) is 12.1 Å². The lowest BCUT2D eigenvalue weighted by Gasteiger charge is -2.13. The molecule has 0 amide bonds. The third-order valence-electron chi connectivity index (χ3n) is 3.33. The molecule has 0 radical (unpaired) electrons. The number of rotatable bonds is 5. The highest BCUT2D eigenvalue weighted by Gasteiger charge is 2.20. The molecule has 1 N–H and O–H groups in total. The van der Waals surface area contributed by atoms with Gasteiger partial charge in [-0.25, -0.2) is 0 Å². The largest absolute Gasteiger partial charge is 0.424 e. The van der Waals surface area contributed by atoms with Crippen molar-refractivity contribution in [3.8, 4) is 11.5 Å². The molecule has 23 heavy (non-hydrogen) atoms.